The molecule has 0 heterocycles. The monoisotopic (exact) mass is 330 g/mol. The summed E-state index contributed by atoms with van der Waals surface area (Å²) in [7, 11) is -3.43. The molecule has 0 bridgehead atoms. The number of thioether (sulfide) groups is 1. The average Bonchev–Trinajstić information content (AvgIpc) is 2.50. The van der Waals surface area contributed by atoms with Crippen LogP contribution >= 0.6 is 11.8 Å². The molecule has 2 unspecified atom stereocenters. The SMILES string of the molecule is CCCNC(C)c1cccc(S(=O)(=O)NCC(C)SC)c1. The van der Waals surface area contributed by atoms with Crippen molar-refractivity contribution < 1.29 is 8.42 Å². The maximum absolute atomic E-state index is 12.3. The maximum Gasteiger partial charge on any atom is 0.240 e. The molecule has 21 heavy (non-hydrogen) atoms. The van der Waals surface area contributed by atoms with Gasteiger partial charge in [0, 0.05) is 17.8 Å². The Kier molecular flexibility index (Phi) is 7.73. The Hall–Kier alpha value is -0.560. The summed E-state index contributed by atoms with van der Waals surface area (Å²) in [5.41, 5.74) is 0.990. The van der Waals surface area contributed by atoms with E-state index in [1.165, 1.54) is 0 Å². The number of benzene rings is 1. The Morgan fingerprint density at radius 1 is 1.29 bits per heavy atom. The molecular weight excluding hydrogens is 304 g/mol. The molecule has 4 nitrogen and oxygen atoms in total. The first-order valence-corrected chi connectivity index (χ1v) is 10.0. The molecule has 6 heteroatoms. The lowest BCUT2D eigenvalue weighted by Crippen LogP contribution is -2.29. The average molecular weight is 331 g/mol. The van der Waals surface area contributed by atoms with E-state index in [9.17, 15) is 8.42 Å². The molecule has 0 aliphatic rings. The molecule has 0 saturated carbocycles. The largest absolute Gasteiger partial charge is 0.310 e. The molecule has 1 aromatic rings. The van der Waals surface area contributed by atoms with Crippen molar-refractivity contribution in [3.8, 4) is 0 Å². The van der Waals surface area contributed by atoms with Crippen molar-refractivity contribution in [2.45, 2.75) is 43.4 Å². The Labute approximate surface area is 133 Å². The minimum Gasteiger partial charge on any atom is -0.310 e. The summed E-state index contributed by atoms with van der Waals surface area (Å²) in [6, 6.07) is 7.29. The molecule has 0 aliphatic carbocycles. The normalized spacial score (nSPS) is 14.9. The van der Waals surface area contributed by atoms with E-state index in [4.69, 9.17) is 0 Å². The summed E-state index contributed by atoms with van der Waals surface area (Å²) in [4.78, 5) is 0.332. The first-order chi connectivity index (χ1) is 9.90. The summed E-state index contributed by atoms with van der Waals surface area (Å²) in [5, 5.41) is 3.63. The predicted octanol–water partition coefficient (Wildman–Crippen LogP) is 2.78. The van der Waals surface area contributed by atoms with Crippen LogP contribution in [0.4, 0.5) is 0 Å². The Bertz CT molecular complexity index is 532. The molecule has 0 amide bonds. The van der Waals surface area contributed by atoms with Crippen LogP contribution in [-0.4, -0.2) is 33.0 Å². The van der Waals surface area contributed by atoms with Gasteiger partial charge < -0.3 is 5.32 Å². The van der Waals surface area contributed by atoms with Gasteiger partial charge in [0.2, 0.25) is 10.0 Å². The fourth-order valence-corrected chi connectivity index (χ4v) is 3.36. The maximum atomic E-state index is 12.3. The number of hydrogen-bond donors (Lipinski definition) is 2. The van der Waals surface area contributed by atoms with E-state index in [1.807, 2.05) is 26.2 Å². The fraction of sp³-hybridized carbons (Fsp3) is 0.600. The van der Waals surface area contributed by atoms with E-state index in [-0.39, 0.29) is 11.3 Å². The van der Waals surface area contributed by atoms with Crippen LogP contribution < -0.4 is 10.0 Å². The number of nitrogens with one attached hydrogen (secondary N) is 2. The lowest BCUT2D eigenvalue weighted by atomic mass is 10.1. The van der Waals surface area contributed by atoms with Crippen molar-refractivity contribution in [2.75, 3.05) is 19.3 Å². The van der Waals surface area contributed by atoms with Crippen LogP contribution in [0.2, 0.25) is 0 Å². The highest BCUT2D eigenvalue weighted by Gasteiger charge is 2.16. The second-order valence-electron chi connectivity index (χ2n) is 5.15. The number of rotatable bonds is 9. The highest BCUT2D eigenvalue weighted by molar-refractivity contribution is 7.99. The third-order valence-electron chi connectivity index (χ3n) is 3.33. The van der Waals surface area contributed by atoms with E-state index in [0.717, 1.165) is 18.5 Å². The van der Waals surface area contributed by atoms with Crippen molar-refractivity contribution in [2.24, 2.45) is 0 Å². The predicted molar refractivity (Wildman–Crippen MR) is 91.3 cm³/mol. The Morgan fingerprint density at radius 2 is 2.00 bits per heavy atom. The molecule has 0 saturated heterocycles. The van der Waals surface area contributed by atoms with Crippen molar-refractivity contribution >= 4 is 21.8 Å². The standard InChI is InChI=1S/C15H26N2O2S2/c1-5-9-16-13(3)14-7-6-8-15(10-14)21(18,19)17-11-12(2)20-4/h6-8,10,12-13,16-17H,5,9,11H2,1-4H3. The summed E-state index contributed by atoms with van der Waals surface area (Å²) in [6.07, 6.45) is 3.02. The molecule has 2 N–H and O–H groups in total. The lowest BCUT2D eigenvalue weighted by molar-refractivity contribution is 0.567. The zero-order valence-electron chi connectivity index (χ0n) is 13.2. The van der Waals surface area contributed by atoms with Gasteiger partial charge in [-0.05, 0) is 43.8 Å². The zero-order valence-corrected chi connectivity index (χ0v) is 14.9. The van der Waals surface area contributed by atoms with Gasteiger partial charge in [-0.1, -0.05) is 26.0 Å². The van der Waals surface area contributed by atoms with Crippen molar-refractivity contribution in [3.05, 3.63) is 29.8 Å². The van der Waals surface area contributed by atoms with Crippen molar-refractivity contribution in [1.82, 2.24) is 10.0 Å². The van der Waals surface area contributed by atoms with E-state index >= 15 is 0 Å². The molecule has 0 radical (unpaired) electrons. The van der Waals surface area contributed by atoms with E-state index in [2.05, 4.69) is 17.0 Å². The van der Waals surface area contributed by atoms with Crippen LogP contribution in [0.15, 0.2) is 29.2 Å². The van der Waals surface area contributed by atoms with E-state index in [1.54, 1.807) is 30.0 Å². The molecular formula is C15H26N2O2S2. The number of hydrogen-bond acceptors (Lipinski definition) is 4. The minimum absolute atomic E-state index is 0.144. The van der Waals surface area contributed by atoms with Gasteiger partial charge in [-0.3, -0.25) is 0 Å². The van der Waals surface area contributed by atoms with Gasteiger partial charge in [0.05, 0.1) is 4.90 Å². The first-order valence-electron chi connectivity index (χ1n) is 7.26. The topological polar surface area (TPSA) is 58.2 Å². The van der Waals surface area contributed by atoms with Gasteiger partial charge in [0.15, 0.2) is 0 Å². The van der Waals surface area contributed by atoms with E-state index in [0.29, 0.717) is 11.4 Å². The van der Waals surface area contributed by atoms with E-state index < -0.39 is 10.0 Å². The molecule has 120 valence electrons. The minimum atomic E-state index is -3.43. The molecule has 1 aromatic carbocycles. The molecule has 2 atom stereocenters. The molecule has 0 aliphatic heterocycles. The van der Waals surface area contributed by atoms with Crippen LogP contribution in [0.5, 0.6) is 0 Å². The van der Waals surface area contributed by atoms with Crippen molar-refractivity contribution in [3.63, 3.8) is 0 Å². The smallest absolute Gasteiger partial charge is 0.240 e. The zero-order chi connectivity index (χ0) is 15.9. The van der Waals surface area contributed by atoms with Gasteiger partial charge >= 0.3 is 0 Å². The van der Waals surface area contributed by atoms with Crippen LogP contribution in [0.1, 0.15) is 38.8 Å². The molecule has 0 spiro atoms. The summed E-state index contributed by atoms with van der Waals surface area (Å²) >= 11 is 1.64. The van der Waals surface area contributed by atoms with Crippen LogP contribution in [0.25, 0.3) is 0 Å². The second-order valence-corrected chi connectivity index (χ2v) is 8.19. The van der Waals surface area contributed by atoms with Gasteiger partial charge in [-0.25, -0.2) is 13.1 Å². The van der Waals surface area contributed by atoms with Gasteiger partial charge in [-0.15, -0.1) is 0 Å². The number of sulfonamides is 1. The Morgan fingerprint density at radius 3 is 2.62 bits per heavy atom. The van der Waals surface area contributed by atoms with Gasteiger partial charge in [0.25, 0.3) is 0 Å². The highest BCUT2D eigenvalue weighted by Crippen LogP contribution is 2.17. The highest BCUT2D eigenvalue weighted by atomic mass is 32.2. The lowest BCUT2D eigenvalue weighted by Gasteiger charge is -2.15. The summed E-state index contributed by atoms with van der Waals surface area (Å²) < 4.78 is 27.3. The fourth-order valence-electron chi connectivity index (χ4n) is 1.82. The quantitative estimate of drug-likeness (QED) is 0.731. The van der Waals surface area contributed by atoms with Gasteiger partial charge in [-0.2, -0.15) is 11.8 Å². The second kappa shape index (κ2) is 8.78. The van der Waals surface area contributed by atoms with Gasteiger partial charge in [0.1, 0.15) is 0 Å². The first kappa shape index (κ1) is 18.5. The molecule has 0 aromatic heterocycles. The molecule has 0 fully saturated rings. The van der Waals surface area contributed by atoms with Crippen LogP contribution in [0, 0.1) is 0 Å². The van der Waals surface area contributed by atoms with Crippen molar-refractivity contribution in [1.29, 1.82) is 0 Å². The summed E-state index contributed by atoms with van der Waals surface area (Å²) in [5.74, 6) is 0. The summed E-state index contributed by atoms with van der Waals surface area (Å²) in [6.45, 7) is 7.52. The third-order valence-corrected chi connectivity index (χ3v) is 5.72. The third kappa shape index (κ3) is 5.98. The van der Waals surface area contributed by atoms with Crippen LogP contribution in [0.3, 0.4) is 0 Å². The van der Waals surface area contributed by atoms with Crippen LogP contribution in [-0.2, 0) is 10.0 Å². The molecule has 1 rings (SSSR count). The Balaban J connectivity index is 2.83.